The molecule has 1 aromatic rings. The molecule has 1 saturated heterocycles. The van der Waals surface area contributed by atoms with Crippen LogP contribution in [0, 0.1) is 5.92 Å². The third kappa shape index (κ3) is 1.97. The van der Waals surface area contributed by atoms with E-state index in [4.69, 9.17) is 4.74 Å². The van der Waals surface area contributed by atoms with E-state index in [2.05, 4.69) is 11.4 Å². The van der Waals surface area contributed by atoms with Gasteiger partial charge >= 0.3 is 5.97 Å². The molecule has 2 aliphatic rings. The summed E-state index contributed by atoms with van der Waals surface area (Å²) in [6.45, 7) is 1.62. The van der Waals surface area contributed by atoms with Gasteiger partial charge in [0.05, 0.1) is 12.5 Å². The number of carbonyl (C=O) groups is 1. The third-order valence-electron chi connectivity index (χ3n) is 3.86. The van der Waals surface area contributed by atoms with E-state index in [1.807, 2.05) is 12.1 Å². The number of hydrogen-bond donors (Lipinski definition) is 2. The number of rotatable bonds is 2. The van der Waals surface area contributed by atoms with Gasteiger partial charge in [0.15, 0.2) is 0 Å². The zero-order valence-electron chi connectivity index (χ0n) is 10.2. The van der Waals surface area contributed by atoms with Gasteiger partial charge in [-0.15, -0.1) is 0 Å². The summed E-state index contributed by atoms with van der Waals surface area (Å²) in [4.78, 5) is 11.3. The van der Waals surface area contributed by atoms with Crippen LogP contribution in [0.1, 0.15) is 30.0 Å². The van der Waals surface area contributed by atoms with E-state index in [-0.39, 0.29) is 12.0 Å². The number of aliphatic carboxylic acids is 1. The smallest absolute Gasteiger partial charge is 0.308 e. The highest BCUT2D eigenvalue weighted by Crippen LogP contribution is 2.34. The Kier molecular flexibility index (Phi) is 2.96. The molecule has 0 aliphatic carbocycles. The zero-order chi connectivity index (χ0) is 12.5. The maximum absolute atomic E-state index is 11.3. The predicted octanol–water partition coefficient (Wildman–Crippen LogP) is 1.75. The molecule has 0 bridgehead atoms. The van der Waals surface area contributed by atoms with Crippen molar-refractivity contribution in [2.45, 2.75) is 25.3 Å². The second kappa shape index (κ2) is 4.61. The minimum atomic E-state index is -0.714. The van der Waals surface area contributed by atoms with Crippen LogP contribution in [0.25, 0.3) is 0 Å². The molecule has 0 spiro atoms. The summed E-state index contributed by atoms with van der Waals surface area (Å²) in [5, 5.41) is 12.6. The molecule has 18 heavy (non-hydrogen) atoms. The number of ether oxygens (including phenoxy) is 1. The fraction of sp³-hybridized carbons (Fsp3) is 0.500. The Balaban J connectivity index is 1.90. The molecule has 1 aromatic carbocycles. The summed E-state index contributed by atoms with van der Waals surface area (Å²) >= 11 is 0. The van der Waals surface area contributed by atoms with Crippen LogP contribution in [0.4, 0.5) is 0 Å². The van der Waals surface area contributed by atoms with E-state index < -0.39 is 5.97 Å². The van der Waals surface area contributed by atoms with Crippen molar-refractivity contribution >= 4 is 5.97 Å². The number of fused-ring (bicyclic) bond motifs is 1. The van der Waals surface area contributed by atoms with E-state index in [1.165, 1.54) is 5.56 Å². The lowest BCUT2D eigenvalue weighted by molar-refractivity contribution is -0.143. The van der Waals surface area contributed by atoms with Crippen molar-refractivity contribution in [1.82, 2.24) is 5.32 Å². The average molecular weight is 247 g/mol. The summed E-state index contributed by atoms with van der Waals surface area (Å²) < 4.78 is 5.55. The highest BCUT2D eigenvalue weighted by Gasteiger charge is 2.32. The standard InChI is InChI=1S/C14H17NO3/c16-14(17)11-2-1-6-15-13(11)10-4-3-9-5-7-18-12(9)8-10/h3-4,8,11,13,15H,1-2,5-7H2,(H,16,17)/t11-,13+/m0/s1. The third-order valence-corrected chi connectivity index (χ3v) is 3.86. The Labute approximate surface area is 106 Å². The first-order chi connectivity index (χ1) is 8.75. The summed E-state index contributed by atoms with van der Waals surface area (Å²) in [5.74, 6) is -0.129. The Morgan fingerprint density at radius 1 is 1.44 bits per heavy atom. The molecular formula is C14H17NO3. The van der Waals surface area contributed by atoms with Gasteiger partial charge < -0.3 is 15.2 Å². The number of benzene rings is 1. The van der Waals surface area contributed by atoms with E-state index in [0.29, 0.717) is 0 Å². The van der Waals surface area contributed by atoms with Gasteiger partial charge in [0, 0.05) is 12.5 Å². The normalized spacial score (nSPS) is 26.4. The SMILES string of the molecule is O=C(O)[C@H]1CCCN[C@@H]1c1ccc2c(c1)OCC2. The highest BCUT2D eigenvalue weighted by atomic mass is 16.5. The molecule has 4 nitrogen and oxygen atoms in total. The first kappa shape index (κ1) is 11.5. The maximum Gasteiger partial charge on any atom is 0.308 e. The fourth-order valence-corrected chi connectivity index (χ4v) is 2.88. The molecule has 2 heterocycles. The molecule has 0 saturated carbocycles. The van der Waals surface area contributed by atoms with Crippen LogP contribution in [0.5, 0.6) is 5.75 Å². The zero-order valence-corrected chi connectivity index (χ0v) is 10.2. The number of nitrogens with one attached hydrogen (secondary N) is 1. The van der Waals surface area contributed by atoms with Crippen LogP contribution in [0.2, 0.25) is 0 Å². The van der Waals surface area contributed by atoms with Crippen molar-refractivity contribution in [2.24, 2.45) is 5.92 Å². The topological polar surface area (TPSA) is 58.6 Å². The van der Waals surface area contributed by atoms with Gasteiger partial charge in [-0.2, -0.15) is 0 Å². The first-order valence-electron chi connectivity index (χ1n) is 6.47. The largest absolute Gasteiger partial charge is 0.493 e. The van der Waals surface area contributed by atoms with Gasteiger partial charge in [0.1, 0.15) is 5.75 Å². The Bertz CT molecular complexity index is 472. The minimum Gasteiger partial charge on any atom is -0.493 e. The summed E-state index contributed by atoms with van der Waals surface area (Å²) in [6, 6.07) is 6.01. The molecule has 1 fully saturated rings. The molecule has 4 heteroatoms. The van der Waals surface area contributed by atoms with Crippen LogP contribution >= 0.6 is 0 Å². The Morgan fingerprint density at radius 3 is 3.17 bits per heavy atom. The highest BCUT2D eigenvalue weighted by molar-refractivity contribution is 5.71. The van der Waals surface area contributed by atoms with Crippen LogP contribution in [0.3, 0.4) is 0 Å². The van der Waals surface area contributed by atoms with Gasteiger partial charge in [-0.1, -0.05) is 12.1 Å². The van der Waals surface area contributed by atoms with Gasteiger partial charge in [-0.25, -0.2) is 0 Å². The van der Waals surface area contributed by atoms with Crippen molar-refractivity contribution in [3.63, 3.8) is 0 Å². The van der Waals surface area contributed by atoms with Crippen LogP contribution < -0.4 is 10.1 Å². The monoisotopic (exact) mass is 247 g/mol. The number of piperidine rings is 1. The molecule has 96 valence electrons. The Morgan fingerprint density at radius 2 is 2.33 bits per heavy atom. The van der Waals surface area contributed by atoms with Crippen LogP contribution in [0.15, 0.2) is 18.2 Å². The lowest BCUT2D eigenvalue weighted by atomic mass is 9.86. The van der Waals surface area contributed by atoms with Crippen molar-refractivity contribution in [2.75, 3.05) is 13.2 Å². The molecule has 0 unspecified atom stereocenters. The number of carboxylic acids is 1. The van der Waals surface area contributed by atoms with E-state index in [0.717, 1.165) is 43.7 Å². The van der Waals surface area contributed by atoms with Gasteiger partial charge in [0.25, 0.3) is 0 Å². The summed E-state index contributed by atoms with van der Waals surface area (Å²) in [6.07, 6.45) is 2.62. The quantitative estimate of drug-likeness (QED) is 0.836. The minimum absolute atomic E-state index is 0.0919. The van der Waals surface area contributed by atoms with Crippen molar-refractivity contribution in [3.05, 3.63) is 29.3 Å². The molecule has 2 aliphatic heterocycles. The molecule has 2 atom stereocenters. The van der Waals surface area contributed by atoms with E-state index in [1.54, 1.807) is 0 Å². The second-order valence-corrected chi connectivity index (χ2v) is 4.98. The number of carboxylic acid groups (broad SMARTS) is 1. The molecule has 0 aromatic heterocycles. The molecule has 0 amide bonds. The van der Waals surface area contributed by atoms with Crippen LogP contribution in [-0.4, -0.2) is 24.2 Å². The maximum atomic E-state index is 11.3. The summed E-state index contributed by atoms with van der Waals surface area (Å²) in [5.41, 5.74) is 2.25. The van der Waals surface area contributed by atoms with E-state index in [9.17, 15) is 9.90 Å². The Hall–Kier alpha value is -1.55. The van der Waals surface area contributed by atoms with Crippen molar-refractivity contribution < 1.29 is 14.6 Å². The van der Waals surface area contributed by atoms with Gasteiger partial charge in [-0.05, 0) is 36.6 Å². The second-order valence-electron chi connectivity index (χ2n) is 4.98. The number of hydrogen-bond acceptors (Lipinski definition) is 3. The average Bonchev–Trinajstić information content (AvgIpc) is 2.85. The van der Waals surface area contributed by atoms with Crippen molar-refractivity contribution in [1.29, 1.82) is 0 Å². The molecule has 3 rings (SSSR count). The molecular weight excluding hydrogens is 230 g/mol. The lowest BCUT2D eigenvalue weighted by Crippen LogP contribution is -2.38. The molecule has 0 radical (unpaired) electrons. The predicted molar refractivity (Wildman–Crippen MR) is 66.7 cm³/mol. The van der Waals surface area contributed by atoms with Crippen molar-refractivity contribution in [3.8, 4) is 5.75 Å². The molecule has 2 N–H and O–H groups in total. The lowest BCUT2D eigenvalue weighted by Gasteiger charge is -2.30. The van der Waals surface area contributed by atoms with Gasteiger partial charge in [-0.3, -0.25) is 4.79 Å². The van der Waals surface area contributed by atoms with Crippen LogP contribution in [-0.2, 0) is 11.2 Å². The fourth-order valence-electron chi connectivity index (χ4n) is 2.88. The summed E-state index contributed by atoms with van der Waals surface area (Å²) in [7, 11) is 0. The first-order valence-corrected chi connectivity index (χ1v) is 6.47. The van der Waals surface area contributed by atoms with Gasteiger partial charge in [0.2, 0.25) is 0 Å². The van der Waals surface area contributed by atoms with E-state index >= 15 is 0 Å².